The lowest BCUT2D eigenvalue weighted by Gasteiger charge is -2.34. The zero-order valence-corrected chi connectivity index (χ0v) is 26.3. The van der Waals surface area contributed by atoms with E-state index < -0.39 is 28.5 Å². The van der Waals surface area contributed by atoms with Crippen molar-refractivity contribution in [3.8, 4) is 5.75 Å². The molecule has 1 fully saturated rings. The first-order valence-electron chi connectivity index (χ1n) is 14.8. The Kier molecular flexibility index (Phi) is 11.5. The molecule has 230 valence electrons. The van der Waals surface area contributed by atoms with Gasteiger partial charge in [0.15, 0.2) is 0 Å². The molecule has 0 bridgehead atoms. The van der Waals surface area contributed by atoms with Crippen LogP contribution in [-0.2, 0) is 26.0 Å². The third-order valence-corrected chi connectivity index (χ3v) is 9.85. The SMILES string of the molecule is CC[C@H](C(=O)NC1CCCCC1)N(CCc1ccccc1)C(=O)CN(c1cc(Cl)ccc1OC)S(=O)(=O)c1ccccc1. The van der Waals surface area contributed by atoms with E-state index in [0.717, 1.165) is 42.0 Å². The summed E-state index contributed by atoms with van der Waals surface area (Å²) in [7, 11) is -2.80. The number of nitrogens with zero attached hydrogens (tertiary/aromatic N) is 2. The van der Waals surface area contributed by atoms with Crippen molar-refractivity contribution in [2.24, 2.45) is 0 Å². The maximum Gasteiger partial charge on any atom is 0.264 e. The summed E-state index contributed by atoms with van der Waals surface area (Å²) in [4.78, 5) is 29.5. The molecule has 0 aromatic heterocycles. The minimum absolute atomic E-state index is 0.0164. The molecule has 8 nitrogen and oxygen atoms in total. The lowest BCUT2D eigenvalue weighted by Crippen LogP contribution is -2.54. The Bertz CT molecular complexity index is 1460. The summed E-state index contributed by atoms with van der Waals surface area (Å²) >= 11 is 6.31. The van der Waals surface area contributed by atoms with Gasteiger partial charge in [0.05, 0.1) is 17.7 Å². The highest BCUT2D eigenvalue weighted by molar-refractivity contribution is 7.92. The minimum Gasteiger partial charge on any atom is -0.495 e. The first-order valence-corrected chi connectivity index (χ1v) is 16.6. The van der Waals surface area contributed by atoms with Crippen LogP contribution in [0.15, 0.2) is 83.8 Å². The number of carbonyl (C=O) groups excluding carboxylic acids is 2. The molecule has 0 unspecified atom stereocenters. The van der Waals surface area contributed by atoms with E-state index in [9.17, 15) is 18.0 Å². The van der Waals surface area contributed by atoms with Gasteiger partial charge in [0.1, 0.15) is 18.3 Å². The Morgan fingerprint density at radius 1 is 0.977 bits per heavy atom. The Hall–Kier alpha value is -3.56. The number of methoxy groups -OCH3 is 1. The Labute approximate surface area is 260 Å². The molecule has 1 atom stereocenters. The zero-order chi connectivity index (χ0) is 30.8. The number of benzene rings is 3. The van der Waals surface area contributed by atoms with Crippen molar-refractivity contribution < 1.29 is 22.7 Å². The first-order chi connectivity index (χ1) is 20.7. The summed E-state index contributed by atoms with van der Waals surface area (Å²) in [6.45, 7) is 1.56. The Balaban J connectivity index is 1.71. The van der Waals surface area contributed by atoms with Gasteiger partial charge in [0.25, 0.3) is 10.0 Å². The molecule has 43 heavy (non-hydrogen) atoms. The highest BCUT2D eigenvalue weighted by Crippen LogP contribution is 2.35. The number of carbonyl (C=O) groups is 2. The van der Waals surface area contributed by atoms with Crippen LogP contribution >= 0.6 is 11.6 Å². The van der Waals surface area contributed by atoms with E-state index in [2.05, 4.69) is 5.32 Å². The summed E-state index contributed by atoms with van der Waals surface area (Å²) in [6.07, 6.45) is 5.99. The minimum atomic E-state index is -4.23. The highest BCUT2D eigenvalue weighted by atomic mass is 35.5. The molecule has 1 saturated carbocycles. The van der Waals surface area contributed by atoms with Crippen molar-refractivity contribution in [3.63, 3.8) is 0 Å². The molecule has 0 heterocycles. The fourth-order valence-electron chi connectivity index (χ4n) is 5.53. The van der Waals surface area contributed by atoms with Gasteiger partial charge in [-0.1, -0.05) is 86.3 Å². The predicted molar refractivity (Wildman–Crippen MR) is 170 cm³/mol. The van der Waals surface area contributed by atoms with Gasteiger partial charge < -0.3 is 15.0 Å². The van der Waals surface area contributed by atoms with Crippen LogP contribution < -0.4 is 14.4 Å². The molecule has 3 aromatic carbocycles. The van der Waals surface area contributed by atoms with Gasteiger partial charge in [-0.15, -0.1) is 0 Å². The molecule has 0 radical (unpaired) electrons. The van der Waals surface area contributed by atoms with Gasteiger partial charge in [-0.2, -0.15) is 0 Å². The summed E-state index contributed by atoms with van der Waals surface area (Å²) in [6, 6.07) is 21.6. The molecule has 2 amide bonds. The Morgan fingerprint density at radius 3 is 2.26 bits per heavy atom. The van der Waals surface area contributed by atoms with Crippen molar-refractivity contribution in [3.05, 3.63) is 89.4 Å². The molecular weight excluding hydrogens is 586 g/mol. The maximum atomic E-state index is 14.3. The summed E-state index contributed by atoms with van der Waals surface area (Å²) in [5.41, 5.74) is 1.14. The smallest absolute Gasteiger partial charge is 0.264 e. The van der Waals surface area contributed by atoms with Crippen LogP contribution in [0, 0.1) is 0 Å². The number of nitrogens with one attached hydrogen (secondary N) is 1. The number of anilines is 1. The van der Waals surface area contributed by atoms with E-state index >= 15 is 0 Å². The van der Waals surface area contributed by atoms with Gasteiger partial charge in [-0.3, -0.25) is 13.9 Å². The van der Waals surface area contributed by atoms with Crippen molar-refractivity contribution in [1.29, 1.82) is 0 Å². The van der Waals surface area contributed by atoms with E-state index in [-0.39, 0.29) is 39.8 Å². The number of hydrogen-bond acceptors (Lipinski definition) is 5. The topological polar surface area (TPSA) is 96.0 Å². The quantitative estimate of drug-likeness (QED) is 0.257. The van der Waals surface area contributed by atoms with Gasteiger partial charge in [0.2, 0.25) is 11.8 Å². The second kappa shape index (κ2) is 15.3. The molecule has 1 aliphatic rings. The summed E-state index contributed by atoms with van der Waals surface area (Å²) < 4.78 is 34.6. The second-order valence-corrected chi connectivity index (χ2v) is 13.0. The average molecular weight is 626 g/mol. The highest BCUT2D eigenvalue weighted by Gasteiger charge is 2.35. The maximum absolute atomic E-state index is 14.3. The molecule has 10 heteroatoms. The van der Waals surface area contributed by atoms with Crippen LogP contribution in [0.25, 0.3) is 0 Å². The van der Waals surface area contributed by atoms with E-state index in [1.54, 1.807) is 30.3 Å². The van der Waals surface area contributed by atoms with Gasteiger partial charge >= 0.3 is 0 Å². The van der Waals surface area contributed by atoms with Gasteiger partial charge in [-0.05, 0) is 61.6 Å². The van der Waals surface area contributed by atoms with Crippen LogP contribution in [-0.4, -0.2) is 57.4 Å². The average Bonchev–Trinajstić information content (AvgIpc) is 3.03. The predicted octanol–water partition coefficient (Wildman–Crippen LogP) is 5.84. The molecule has 0 saturated heterocycles. The van der Waals surface area contributed by atoms with Crippen LogP contribution in [0.5, 0.6) is 5.75 Å². The van der Waals surface area contributed by atoms with E-state index in [1.807, 2.05) is 37.3 Å². The number of sulfonamides is 1. The van der Waals surface area contributed by atoms with Crippen LogP contribution in [0.2, 0.25) is 5.02 Å². The standard InChI is InChI=1S/C33H40ClN3O5S/c1-3-29(33(39)35-27-15-9-5-10-16-27)36(22-21-25-13-7-4-8-14-25)32(38)24-37(30-23-26(34)19-20-31(30)42-2)43(40,41)28-17-11-6-12-18-28/h4,6-8,11-14,17-20,23,27,29H,3,5,9-10,15-16,21-22,24H2,1-2H3,(H,35,39)/t29-/m1/s1. The normalized spacial score (nSPS) is 14.5. The molecule has 1 N–H and O–H groups in total. The molecule has 3 aromatic rings. The van der Waals surface area contributed by atoms with Crippen molar-refractivity contribution in [2.45, 2.75) is 68.8 Å². The van der Waals surface area contributed by atoms with E-state index in [0.29, 0.717) is 12.8 Å². The van der Waals surface area contributed by atoms with Crippen molar-refractivity contribution in [2.75, 3.05) is 24.5 Å². The monoisotopic (exact) mass is 625 g/mol. The summed E-state index contributed by atoms with van der Waals surface area (Å²) in [5.74, 6) is -0.466. The van der Waals surface area contributed by atoms with Crippen molar-refractivity contribution in [1.82, 2.24) is 10.2 Å². The van der Waals surface area contributed by atoms with E-state index in [4.69, 9.17) is 16.3 Å². The lowest BCUT2D eigenvalue weighted by atomic mass is 9.95. The first kappa shape index (κ1) is 32.4. The van der Waals surface area contributed by atoms with Crippen LogP contribution in [0.3, 0.4) is 0 Å². The van der Waals surface area contributed by atoms with Gasteiger partial charge in [-0.25, -0.2) is 8.42 Å². The number of ether oxygens (including phenoxy) is 1. The molecular formula is C33H40ClN3O5S. The fourth-order valence-corrected chi connectivity index (χ4v) is 7.14. The van der Waals surface area contributed by atoms with E-state index in [1.165, 1.54) is 30.2 Å². The van der Waals surface area contributed by atoms with Crippen LogP contribution in [0.4, 0.5) is 5.69 Å². The molecule has 0 aliphatic heterocycles. The molecule has 1 aliphatic carbocycles. The molecule has 4 rings (SSSR count). The fraction of sp³-hybridized carbons (Fsp3) is 0.394. The third kappa shape index (κ3) is 8.30. The third-order valence-electron chi connectivity index (χ3n) is 7.84. The number of amides is 2. The second-order valence-electron chi connectivity index (χ2n) is 10.7. The molecule has 0 spiro atoms. The Morgan fingerprint density at radius 2 is 1.63 bits per heavy atom. The zero-order valence-electron chi connectivity index (χ0n) is 24.7. The van der Waals surface area contributed by atoms with Gasteiger partial charge in [0, 0.05) is 17.6 Å². The van der Waals surface area contributed by atoms with Crippen molar-refractivity contribution >= 4 is 39.1 Å². The summed E-state index contributed by atoms with van der Waals surface area (Å²) in [5, 5.41) is 3.46. The lowest BCUT2D eigenvalue weighted by molar-refractivity contribution is -0.140. The largest absolute Gasteiger partial charge is 0.495 e. The number of hydrogen-bond donors (Lipinski definition) is 1. The van der Waals surface area contributed by atoms with Crippen LogP contribution in [0.1, 0.15) is 51.0 Å². The number of halogens is 1. The number of rotatable bonds is 13.